The molecule has 7 nitrogen and oxygen atoms in total. The molecule has 2 atom stereocenters. The highest BCUT2D eigenvalue weighted by Gasteiger charge is 2.60. The molecule has 3 amide bonds. The third-order valence-electron chi connectivity index (χ3n) is 7.45. The second kappa shape index (κ2) is 8.16. The van der Waals surface area contributed by atoms with Crippen molar-refractivity contribution in [3.05, 3.63) is 89.6 Å². The number of fused-ring (bicyclic) bond motifs is 5. The van der Waals surface area contributed by atoms with Crippen LogP contribution in [0.5, 0.6) is 11.5 Å². The van der Waals surface area contributed by atoms with Gasteiger partial charge in [-0.2, -0.15) is 0 Å². The molecule has 6 rings (SSSR count). The number of methoxy groups -OCH3 is 1. The number of para-hydroxylation sites is 2. The van der Waals surface area contributed by atoms with Crippen molar-refractivity contribution in [1.29, 1.82) is 0 Å². The Morgan fingerprint density at radius 1 is 1.00 bits per heavy atom. The average molecular weight is 482 g/mol. The standard InChI is InChI=1S/C29H27N3O4/c1-4-36-19-15-13-18(14-16-19)32-27(33)29(2)26-25(21-10-5-7-11-23(21)30-26)22(17-31(29)28(32)34)20-9-6-8-12-24(20)35-3/h5-16,22,30H,4,17H2,1-3H3/t22-,29+/m1/s1. The fraction of sp³-hybridized carbons (Fsp3) is 0.241. The number of nitrogens with one attached hydrogen (secondary N) is 1. The van der Waals surface area contributed by atoms with Crippen LogP contribution in [0.15, 0.2) is 72.8 Å². The first-order chi connectivity index (χ1) is 17.5. The Bertz CT molecular complexity index is 1490. The van der Waals surface area contributed by atoms with Crippen molar-refractivity contribution in [3.8, 4) is 11.5 Å². The van der Waals surface area contributed by atoms with E-state index in [2.05, 4.69) is 11.1 Å². The molecule has 1 aromatic heterocycles. The van der Waals surface area contributed by atoms with Gasteiger partial charge in [0.1, 0.15) is 11.5 Å². The highest BCUT2D eigenvalue weighted by molar-refractivity contribution is 6.23. The molecule has 2 aliphatic rings. The van der Waals surface area contributed by atoms with Crippen LogP contribution in [-0.4, -0.2) is 42.1 Å². The molecule has 0 radical (unpaired) electrons. The molecule has 0 spiro atoms. The molecular formula is C29H27N3O4. The van der Waals surface area contributed by atoms with E-state index in [9.17, 15) is 9.59 Å². The van der Waals surface area contributed by atoms with E-state index in [1.54, 1.807) is 36.3 Å². The van der Waals surface area contributed by atoms with E-state index in [-0.39, 0.29) is 17.9 Å². The summed E-state index contributed by atoms with van der Waals surface area (Å²) in [6, 6.07) is 22.7. The summed E-state index contributed by atoms with van der Waals surface area (Å²) in [4.78, 5) is 34.4. The number of nitrogens with zero attached hydrogens (tertiary/aromatic N) is 2. The molecule has 182 valence electrons. The lowest BCUT2D eigenvalue weighted by atomic mass is 9.78. The van der Waals surface area contributed by atoms with Crippen LogP contribution in [0.4, 0.5) is 10.5 Å². The van der Waals surface area contributed by atoms with Crippen molar-refractivity contribution in [2.75, 3.05) is 25.2 Å². The van der Waals surface area contributed by atoms with E-state index >= 15 is 0 Å². The van der Waals surface area contributed by atoms with Gasteiger partial charge in [0, 0.05) is 28.9 Å². The number of carbonyl (C=O) groups is 2. The lowest BCUT2D eigenvalue weighted by Gasteiger charge is -2.40. The molecule has 1 saturated heterocycles. The first-order valence-corrected chi connectivity index (χ1v) is 12.1. The minimum absolute atomic E-state index is 0.169. The molecule has 3 heterocycles. The Hall–Kier alpha value is -4.26. The maximum Gasteiger partial charge on any atom is 0.332 e. The van der Waals surface area contributed by atoms with Crippen LogP contribution in [0, 0.1) is 0 Å². The Kier molecular flexibility index (Phi) is 5.03. The number of carbonyl (C=O) groups excluding carboxylic acids is 2. The number of anilines is 1. The van der Waals surface area contributed by atoms with Crippen LogP contribution in [0.1, 0.15) is 36.6 Å². The maximum atomic E-state index is 14.1. The summed E-state index contributed by atoms with van der Waals surface area (Å²) in [7, 11) is 1.65. The molecular weight excluding hydrogens is 454 g/mol. The van der Waals surface area contributed by atoms with Crippen molar-refractivity contribution < 1.29 is 19.1 Å². The normalized spacial score (nSPS) is 21.0. The minimum atomic E-state index is -1.16. The molecule has 1 fully saturated rings. The molecule has 2 aliphatic heterocycles. The Balaban J connectivity index is 1.54. The van der Waals surface area contributed by atoms with Gasteiger partial charge in [0.05, 0.1) is 25.1 Å². The largest absolute Gasteiger partial charge is 0.496 e. The van der Waals surface area contributed by atoms with Gasteiger partial charge in [-0.3, -0.25) is 4.79 Å². The highest BCUT2D eigenvalue weighted by Crippen LogP contribution is 2.51. The predicted octanol–water partition coefficient (Wildman–Crippen LogP) is 5.40. The van der Waals surface area contributed by atoms with E-state index < -0.39 is 5.54 Å². The zero-order valence-electron chi connectivity index (χ0n) is 20.4. The van der Waals surface area contributed by atoms with Gasteiger partial charge in [0.15, 0.2) is 5.54 Å². The van der Waals surface area contributed by atoms with Gasteiger partial charge in [0.2, 0.25) is 0 Å². The van der Waals surface area contributed by atoms with Crippen molar-refractivity contribution >= 4 is 28.5 Å². The van der Waals surface area contributed by atoms with Crippen LogP contribution in [0.25, 0.3) is 10.9 Å². The molecule has 3 aromatic carbocycles. The summed E-state index contributed by atoms with van der Waals surface area (Å²) in [5.74, 6) is 1.00. The fourth-order valence-electron chi connectivity index (χ4n) is 5.71. The summed E-state index contributed by atoms with van der Waals surface area (Å²) < 4.78 is 11.2. The minimum Gasteiger partial charge on any atom is -0.496 e. The third kappa shape index (κ3) is 2.98. The van der Waals surface area contributed by atoms with Crippen molar-refractivity contribution in [1.82, 2.24) is 9.88 Å². The zero-order chi connectivity index (χ0) is 25.0. The number of urea groups is 1. The number of amides is 3. The topological polar surface area (TPSA) is 74.9 Å². The van der Waals surface area contributed by atoms with Gasteiger partial charge in [0.25, 0.3) is 5.91 Å². The maximum absolute atomic E-state index is 14.1. The van der Waals surface area contributed by atoms with E-state index in [4.69, 9.17) is 9.47 Å². The van der Waals surface area contributed by atoms with Crippen molar-refractivity contribution in [2.45, 2.75) is 25.3 Å². The number of aromatic amines is 1. The number of rotatable bonds is 5. The van der Waals surface area contributed by atoms with Gasteiger partial charge >= 0.3 is 6.03 Å². The smallest absolute Gasteiger partial charge is 0.332 e. The molecule has 0 aliphatic carbocycles. The van der Waals surface area contributed by atoms with Gasteiger partial charge in [-0.25, -0.2) is 9.69 Å². The SMILES string of the molecule is CCOc1ccc(N2C(=O)N3C[C@H](c4ccccc4OC)c4c([nH]c5ccccc45)[C@@]3(C)C2=O)cc1. The number of hydrogen-bond acceptors (Lipinski definition) is 4. The Morgan fingerprint density at radius 3 is 2.47 bits per heavy atom. The van der Waals surface area contributed by atoms with Crippen LogP contribution in [0.2, 0.25) is 0 Å². The molecule has 0 unspecified atom stereocenters. The zero-order valence-corrected chi connectivity index (χ0v) is 20.4. The lowest BCUT2D eigenvalue weighted by Crippen LogP contribution is -2.50. The van der Waals surface area contributed by atoms with E-state index in [0.717, 1.165) is 33.5 Å². The Labute approximate surface area is 209 Å². The predicted molar refractivity (Wildman–Crippen MR) is 138 cm³/mol. The second-order valence-electron chi connectivity index (χ2n) is 9.29. The van der Waals surface area contributed by atoms with Gasteiger partial charge in [-0.15, -0.1) is 0 Å². The quantitative estimate of drug-likeness (QED) is 0.387. The third-order valence-corrected chi connectivity index (χ3v) is 7.45. The van der Waals surface area contributed by atoms with Gasteiger partial charge < -0.3 is 19.4 Å². The van der Waals surface area contributed by atoms with Gasteiger partial charge in [-0.1, -0.05) is 36.4 Å². The van der Waals surface area contributed by atoms with E-state index in [1.165, 1.54) is 4.90 Å². The van der Waals surface area contributed by atoms with Crippen LogP contribution in [-0.2, 0) is 10.3 Å². The molecule has 1 N–H and O–H groups in total. The number of hydrogen-bond donors (Lipinski definition) is 1. The average Bonchev–Trinajstić information content (AvgIpc) is 3.39. The number of aromatic nitrogens is 1. The molecule has 0 bridgehead atoms. The van der Waals surface area contributed by atoms with Crippen LogP contribution >= 0.6 is 0 Å². The number of imide groups is 1. The van der Waals surface area contributed by atoms with Crippen LogP contribution < -0.4 is 14.4 Å². The highest BCUT2D eigenvalue weighted by atomic mass is 16.5. The number of benzene rings is 3. The number of H-pyrrole nitrogens is 1. The molecule has 36 heavy (non-hydrogen) atoms. The Morgan fingerprint density at radius 2 is 1.72 bits per heavy atom. The molecule has 4 aromatic rings. The van der Waals surface area contributed by atoms with Crippen molar-refractivity contribution in [3.63, 3.8) is 0 Å². The first kappa shape index (κ1) is 22.2. The molecule has 0 saturated carbocycles. The summed E-state index contributed by atoms with van der Waals surface area (Å²) in [6.45, 7) is 4.65. The summed E-state index contributed by atoms with van der Waals surface area (Å²) in [6.07, 6.45) is 0. The summed E-state index contributed by atoms with van der Waals surface area (Å²) in [5, 5.41) is 1.05. The first-order valence-electron chi connectivity index (χ1n) is 12.1. The van der Waals surface area contributed by atoms with E-state index in [0.29, 0.717) is 24.6 Å². The molecule has 7 heteroatoms. The van der Waals surface area contributed by atoms with Crippen molar-refractivity contribution in [2.24, 2.45) is 0 Å². The lowest BCUT2D eigenvalue weighted by molar-refractivity contribution is -0.125. The van der Waals surface area contributed by atoms with E-state index in [1.807, 2.05) is 56.3 Å². The fourth-order valence-corrected chi connectivity index (χ4v) is 5.71. The number of ether oxygens (including phenoxy) is 2. The summed E-state index contributed by atoms with van der Waals surface area (Å²) in [5.41, 5.74) is 3.05. The second-order valence-corrected chi connectivity index (χ2v) is 9.29. The monoisotopic (exact) mass is 481 g/mol. The summed E-state index contributed by atoms with van der Waals surface area (Å²) >= 11 is 0. The van der Waals surface area contributed by atoms with Gasteiger partial charge in [-0.05, 0) is 55.8 Å². The van der Waals surface area contributed by atoms with Crippen LogP contribution in [0.3, 0.4) is 0 Å².